The van der Waals surface area contributed by atoms with Gasteiger partial charge in [0.2, 0.25) is 0 Å². The van der Waals surface area contributed by atoms with E-state index in [0.717, 1.165) is 5.56 Å². The Morgan fingerprint density at radius 2 is 1.52 bits per heavy atom. The van der Waals surface area contributed by atoms with Crippen molar-refractivity contribution < 1.29 is 8.42 Å². The van der Waals surface area contributed by atoms with Crippen molar-refractivity contribution in [3.8, 4) is 0 Å². The Labute approximate surface area is 146 Å². The van der Waals surface area contributed by atoms with Gasteiger partial charge in [0.05, 0.1) is 20.6 Å². The molecule has 1 N–H and O–H groups in total. The van der Waals surface area contributed by atoms with Gasteiger partial charge in [-0.05, 0) is 29.8 Å². The molecule has 0 atom stereocenters. The van der Waals surface area contributed by atoms with Crippen molar-refractivity contribution in [2.24, 2.45) is 0 Å². The molecule has 0 spiro atoms. The van der Waals surface area contributed by atoms with Crippen molar-refractivity contribution in [1.29, 1.82) is 0 Å². The van der Waals surface area contributed by atoms with Crippen LogP contribution in [0.1, 0.15) is 5.56 Å². The number of sulfonamides is 1. The van der Waals surface area contributed by atoms with E-state index in [-0.39, 0.29) is 20.6 Å². The molecule has 0 heterocycles. The minimum atomic E-state index is -3.77. The highest BCUT2D eigenvalue weighted by molar-refractivity contribution is 9.08. The van der Waals surface area contributed by atoms with Gasteiger partial charge in [0.1, 0.15) is 0 Å². The van der Waals surface area contributed by atoms with E-state index in [0.29, 0.717) is 10.4 Å². The van der Waals surface area contributed by atoms with E-state index < -0.39 is 10.0 Å². The Balaban J connectivity index is 2.37. The molecular formula is C13H9BrCl3NO2S. The lowest BCUT2D eigenvalue weighted by Gasteiger charge is -2.12. The number of hydrogen-bond acceptors (Lipinski definition) is 2. The van der Waals surface area contributed by atoms with Crippen molar-refractivity contribution in [2.75, 3.05) is 4.72 Å². The highest BCUT2D eigenvalue weighted by Gasteiger charge is 2.18. The summed E-state index contributed by atoms with van der Waals surface area (Å²) in [6.07, 6.45) is 0. The van der Waals surface area contributed by atoms with Crippen molar-refractivity contribution in [3.63, 3.8) is 0 Å². The number of nitrogens with one attached hydrogen (secondary N) is 1. The van der Waals surface area contributed by atoms with Crippen LogP contribution >= 0.6 is 50.7 Å². The maximum atomic E-state index is 12.3. The fraction of sp³-hybridized carbons (Fsp3) is 0.0769. The summed E-state index contributed by atoms with van der Waals surface area (Å²) in [5.41, 5.74) is 1.07. The van der Waals surface area contributed by atoms with Crippen LogP contribution in [0.25, 0.3) is 0 Å². The maximum Gasteiger partial charge on any atom is 0.261 e. The minimum Gasteiger partial charge on any atom is -0.277 e. The summed E-state index contributed by atoms with van der Waals surface area (Å²) in [5.74, 6) is 0. The monoisotopic (exact) mass is 427 g/mol. The number of halogens is 4. The molecule has 0 radical (unpaired) electrons. The van der Waals surface area contributed by atoms with Crippen LogP contribution < -0.4 is 4.72 Å². The van der Waals surface area contributed by atoms with E-state index in [4.69, 9.17) is 34.8 Å². The third-order valence-electron chi connectivity index (χ3n) is 2.63. The molecule has 0 unspecified atom stereocenters. The second-order valence-electron chi connectivity index (χ2n) is 4.13. The van der Waals surface area contributed by atoms with Crippen molar-refractivity contribution >= 4 is 66.4 Å². The molecule has 2 aromatic carbocycles. The zero-order valence-electron chi connectivity index (χ0n) is 10.4. The molecule has 2 aromatic rings. The van der Waals surface area contributed by atoms with Crippen molar-refractivity contribution in [2.45, 2.75) is 10.2 Å². The molecule has 0 saturated carbocycles. The van der Waals surface area contributed by atoms with Gasteiger partial charge in [0, 0.05) is 10.4 Å². The predicted octanol–water partition coefficient (Wildman–Crippen LogP) is 5.34. The molecule has 0 aliphatic carbocycles. The number of alkyl halides is 1. The predicted molar refractivity (Wildman–Crippen MR) is 91.4 cm³/mol. The molecular weight excluding hydrogens is 420 g/mol. The van der Waals surface area contributed by atoms with Crippen LogP contribution in [0, 0.1) is 0 Å². The first-order chi connectivity index (χ1) is 9.83. The first kappa shape index (κ1) is 16.9. The lowest BCUT2D eigenvalue weighted by molar-refractivity contribution is 0.601. The number of rotatable bonds is 4. The SMILES string of the molecule is O=S(=O)(Nc1c(Cl)cc(Cl)cc1Cl)c1ccc(CBr)cc1. The van der Waals surface area contributed by atoms with Gasteiger partial charge in [-0.1, -0.05) is 62.9 Å². The lowest BCUT2D eigenvalue weighted by atomic mass is 10.2. The molecule has 0 bridgehead atoms. The zero-order chi connectivity index (χ0) is 15.6. The molecule has 112 valence electrons. The van der Waals surface area contributed by atoms with E-state index in [2.05, 4.69) is 20.7 Å². The van der Waals surface area contributed by atoms with Crippen LogP contribution in [0.5, 0.6) is 0 Å². The Morgan fingerprint density at radius 1 is 1.00 bits per heavy atom. The molecule has 21 heavy (non-hydrogen) atoms. The standard InChI is InChI=1S/C13H9BrCl3NO2S/c14-7-8-1-3-10(4-2-8)21(19,20)18-13-11(16)5-9(15)6-12(13)17/h1-6,18H,7H2. The zero-order valence-corrected chi connectivity index (χ0v) is 15.1. The summed E-state index contributed by atoms with van der Waals surface area (Å²) in [4.78, 5) is 0.120. The van der Waals surface area contributed by atoms with E-state index in [1.807, 2.05) is 0 Å². The number of hydrogen-bond donors (Lipinski definition) is 1. The third kappa shape index (κ3) is 4.05. The van der Waals surface area contributed by atoms with Gasteiger partial charge in [-0.3, -0.25) is 4.72 Å². The highest BCUT2D eigenvalue weighted by Crippen LogP contribution is 2.35. The molecule has 8 heteroatoms. The second-order valence-corrected chi connectivity index (χ2v) is 7.62. The van der Waals surface area contributed by atoms with Gasteiger partial charge < -0.3 is 0 Å². The topological polar surface area (TPSA) is 46.2 Å². The summed E-state index contributed by atoms with van der Waals surface area (Å²) in [5, 5.41) is 1.24. The smallest absolute Gasteiger partial charge is 0.261 e. The number of anilines is 1. The molecule has 0 aliphatic heterocycles. The molecule has 0 fully saturated rings. The van der Waals surface area contributed by atoms with Crippen molar-refractivity contribution in [3.05, 3.63) is 57.0 Å². The lowest BCUT2D eigenvalue weighted by Crippen LogP contribution is -2.13. The van der Waals surface area contributed by atoms with Gasteiger partial charge in [-0.2, -0.15) is 0 Å². The van der Waals surface area contributed by atoms with Crippen molar-refractivity contribution in [1.82, 2.24) is 0 Å². The summed E-state index contributed by atoms with van der Waals surface area (Å²) in [7, 11) is -3.77. The van der Waals surface area contributed by atoms with Crippen LogP contribution in [-0.2, 0) is 15.4 Å². The summed E-state index contributed by atoms with van der Waals surface area (Å²) in [6.45, 7) is 0. The minimum absolute atomic E-state index is 0.104. The molecule has 3 nitrogen and oxygen atoms in total. The molecule has 0 aliphatic rings. The fourth-order valence-electron chi connectivity index (χ4n) is 1.59. The Kier molecular flexibility index (Phi) is 5.43. The molecule has 0 aromatic heterocycles. The quantitative estimate of drug-likeness (QED) is 0.667. The van der Waals surface area contributed by atoms with Crippen LogP contribution in [0.4, 0.5) is 5.69 Å². The van der Waals surface area contributed by atoms with Gasteiger partial charge in [0.15, 0.2) is 0 Å². The van der Waals surface area contributed by atoms with Gasteiger partial charge in [-0.25, -0.2) is 8.42 Å². The maximum absolute atomic E-state index is 12.3. The summed E-state index contributed by atoms with van der Waals surface area (Å²) in [6, 6.07) is 9.29. The fourth-order valence-corrected chi connectivity index (χ4v) is 4.09. The Hall–Kier alpha value is -0.460. The van der Waals surface area contributed by atoms with Crippen LogP contribution in [0.3, 0.4) is 0 Å². The van der Waals surface area contributed by atoms with E-state index in [1.165, 1.54) is 24.3 Å². The molecule has 0 saturated heterocycles. The number of benzene rings is 2. The van der Waals surface area contributed by atoms with E-state index >= 15 is 0 Å². The van der Waals surface area contributed by atoms with Crippen LogP contribution in [0.15, 0.2) is 41.3 Å². The first-order valence-corrected chi connectivity index (χ1v) is 9.39. The van der Waals surface area contributed by atoms with Gasteiger partial charge >= 0.3 is 0 Å². The Bertz CT molecular complexity index is 740. The third-order valence-corrected chi connectivity index (χ3v) is 5.46. The summed E-state index contributed by atoms with van der Waals surface area (Å²) >= 11 is 21.0. The molecule has 0 amide bonds. The second kappa shape index (κ2) is 6.75. The van der Waals surface area contributed by atoms with Gasteiger partial charge in [-0.15, -0.1) is 0 Å². The van der Waals surface area contributed by atoms with E-state index in [1.54, 1.807) is 12.1 Å². The van der Waals surface area contributed by atoms with Crippen LogP contribution in [0.2, 0.25) is 15.1 Å². The van der Waals surface area contributed by atoms with Gasteiger partial charge in [0.25, 0.3) is 10.0 Å². The average Bonchev–Trinajstić information content (AvgIpc) is 2.43. The van der Waals surface area contributed by atoms with Crippen LogP contribution in [-0.4, -0.2) is 8.42 Å². The largest absolute Gasteiger partial charge is 0.277 e. The average molecular weight is 430 g/mol. The highest BCUT2D eigenvalue weighted by atomic mass is 79.9. The Morgan fingerprint density at radius 3 is 2.00 bits per heavy atom. The normalized spacial score (nSPS) is 11.4. The molecule has 2 rings (SSSR count). The summed E-state index contributed by atoms with van der Waals surface area (Å²) < 4.78 is 27.0. The van der Waals surface area contributed by atoms with E-state index in [9.17, 15) is 8.42 Å². The first-order valence-electron chi connectivity index (χ1n) is 5.66.